The second kappa shape index (κ2) is 47.6. The number of unbranched alkanes of at least 4 members (excludes halogenated alkanes) is 22. The molecule has 0 unspecified atom stereocenters. The smallest absolute Gasteiger partial charge is 0.309 e. The second-order valence-electron chi connectivity index (χ2n) is 17.5. The summed E-state index contributed by atoms with van der Waals surface area (Å²) in [6, 6.07) is 0. The number of hydrogen-bond acceptors (Lipinski definition) is 8. The molecule has 360 valence electrons. The molecule has 0 saturated heterocycles. The lowest BCUT2D eigenvalue weighted by molar-refractivity contribution is -0.150. The van der Waals surface area contributed by atoms with Gasteiger partial charge in [0.15, 0.2) is 5.78 Å². The van der Waals surface area contributed by atoms with Gasteiger partial charge in [-0.2, -0.15) is 0 Å². The summed E-state index contributed by atoms with van der Waals surface area (Å²) in [5.74, 6) is -0.381. The van der Waals surface area contributed by atoms with Crippen LogP contribution in [0.4, 0.5) is 0 Å². The Kier molecular flexibility index (Phi) is 47.0. The highest BCUT2D eigenvalue weighted by molar-refractivity contribution is 5.89. The summed E-state index contributed by atoms with van der Waals surface area (Å²) in [6.07, 6.45) is 38.3. The molecule has 0 spiro atoms. The zero-order valence-corrected chi connectivity index (χ0v) is 40.9. The van der Waals surface area contributed by atoms with E-state index in [9.17, 15) is 28.8 Å². The lowest BCUT2D eigenvalue weighted by Gasteiger charge is -2.15. The number of ketones is 4. The summed E-state index contributed by atoms with van der Waals surface area (Å²) in [6.45, 7) is 15.9. The molecule has 0 heterocycles. The minimum absolute atomic E-state index is 0.0572. The Bertz CT molecular complexity index is 1140. The van der Waals surface area contributed by atoms with Crippen molar-refractivity contribution in [2.45, 2.75) is 259 Å². The summed E-state index contributed by atoms with van der Waals surface area (Å²) >= 11 is 0. The molecule has 8 heteroatoms. The Labute approximate surface area is 381 Å². The van der Waals surface area contributed by atoms with Crippen molar-refractivity contribution in [3.05, 3.63) is 25.3 Å². The first kappa shape index (κ1) is 61.2. The average Bonchev–Trinajstić information content (AvgIpc) is 3.25. The van der Waals surface area contributed by atoms with E-state index < -0.39 is 0 Å². The van der Waals surface area contributed by atoms with Gasteiger partial charge in [0.1, 0.15) is 17.3 Å². The molecule has 0 fully saturated rings. The van der Waals surface area contributed by atoms with Gasteiger partial charge >= 0.3 is 11.9 Å². The van der Waals surface area contributed by atoms with Crippen LogP contribution in [0.3, 0.4) is 0 Å². The van der Waals surface area contributed by atoms with Gasteiger partial charge in [-0.15, -0.1) is 6.58 Å². The molecule has 0 aromatic heterocycles. The van der Waals surface area contributed by atoms with Crippen LogP contribution in [-0.4, -0.2) is 48.3 Å². The molecular formula is C54H96O8. The van der Waals surface area contributed by atoms with Gasteiger partial charge in [0.05, 0.1) is 25.0 Å². The third-order valence-electron chi connectivity index (χ3n) is 11.6. The predicted octanol–water partition coefficient (Wildman–Crippen LogP) is 15.1. The number of rotatable bonds is 46. The molecule has 0 rings (SSSR count). The summed E-state index contributed by atoms with van der Waals surface area (Å²) in [5.41, 5.74) is 0. The summed E-state index contributed by atoms with van der Waals surface area (Å²) in [4.78, 5) is 72.5. The molecule has 0 aliphatic carbocycles. The van der Waals surface area contributed by atoms with Gasteiger partial charge in [0, 0.05) is 44.9 Å². The van der Waals surface area contributed by atoms with Gasteiger partial charge in [-0.1, -0.05) is 155 Å². The molecule has 8 nitrogen and oxygen atoms in total. The monoisotopic (exact) mass is 873 g/mol. The molecule has 62 heavy (non-hydrogen) atoms. The highest BCUT2D eigenvalue weighted by atomic mass is 16.5. The van der Waals surface area contributed by atoms with E-state index in [-0.39, 0.29) is 41.1 Å². The Morgan fingerprint density at radius 2 is 0.726 bits per heavy atom. The molecule has 0 aromatic carbocycles. The third-order valence-corrected chi connectivity index (χ3v) is 11.6. The number of hydrogen-bond donors (Lipinski definition) is 0. The topological polar surface area (TPSA) is 121 Å². The number of esters is 2. The first-order valence-corrected chi connectivity index (χ1v) is 25.7. The van der Waals surface area contributed by atoms with Crippen LogP contribution in [-0.2, 0) is 38.2 Å². The number of allylic oxidation sites excluding steroid dienone is 2. The lowest BCUT2D eigenvalue weighted by atomic mass is 9.93. The lowest BCUT2D eigenvalue weighted by Crippen LogP contribution is -2.21. The van der Waals surface area contributed by atoms with E-state index in [0.29, 0.717) is 76.8 Å². The Morgan fingerprint density at radius 3 is 1.08 bits per heavy atom. The van der Waals surface area contributed by atoms with Gasteiger partial charge in [0.25, 0.3) is 0 Å². The van der Waals surface area contributed by atoms with Crippen molar-refractivity contribution in [1.82, 2.24) is 0 Å². The number of ether oxygens (including phenoxy) is 2. The Hall–Kier alpha value is -2.90. The average molecular weight is 873 g/mol. The van der Waals surface area contributed by atoms with E-state index in [2.05, 4.69) is 27.0 Å². The molecule has 0 N–H and O–H groups in total. The van der Waals surface area contributed by atoms with E-state index in [1.54, 1.807) is 6.92 Å². The van der Waals surface area contributed by atoms with E-state index in [0.717, 1.165) is 77.0 Å². The van der Waals surface area contributed by atoms with Crippen molar-refractivity contribution in [2.24, 2.45) is 11.8 Å². The van der Waals surface area contributed by atoms with E-state index in [4.69, 9.17) is 9.47 Å². The highest BCUT2D eigenvalue weighted by Gasteiger charge is 2.24. The van der Waals surface area contributed by atoms with Gasteiger partial charge in [-0.25, -0.2) is 0 Å². The maximum atomic E-state index is 12.4. The van der Waals surface area contributed by atoms with Crippen molar-refractivity contribution >= 4 is 35.1 Å². The molecule has 2 atom stereocenters. The highest BCUT2D eigenvalue weighted by Crippen LogP contribution is 2.21. The van der Waals surface area contributed by atoms with Gasteiger partial charge < -0.3 is 9.47 Å². The van der Waals surface area contributed by atoms with E-state index in [1.165, 1.54) is 102 Å². The van der Waals surface area contributed by atoms with Gasteiger partial charge in [0.2, 0.25) is 0 Å². The summed E-state index contributed by atoms with van der Waals surface area (Å²) in [7, 11) is 0. The van der Waals surface area contributed by atoms with Crippen LogP contribution in [0.25, 0.3) is 0 Å². The predicted molar refractivity (Wildman–Crippen MR) is 258 cm³/mol. The van der Waals surface area contributed by atoms with Crippen LogP contribution in [0.15, 0.2) is 25.3 Å². The largest absolute Gasteiger partial charge is 0.466 e. The number of Topliss-reactive ketones (excluding diaryl/α,β-unsaturated/α-hetero) is 3. The molecule has 0 aromatic rings. The molecule has 0 bridgehead atoms. The first-order chi connectivity index (χ1) is 30.1. The minimum atomic E-state index is -0.336. The van der Waals surface area contributed by atoms with Crippen molar-refractivity contribution in [2.75, 3.05) is 13.2 Å². The van der Waals surface area contributed by atoms with E-state index in [1.807, 2.05) is 13.0 Å². The van der Waals surface area contributed by atoms with Crippen molar-refractivity contribution in [1.29, 1.82) is 0 Å². The van der Waals surface area contributed by atoms with Crippen LogP contribution in [0.2, 0.25) is 0 Å². The third kappa shape index (κ3) is 42.4. The zero-order valence-electron chi connectivity index (χ0n) is 40.9. The summed E-state index contributed by atoms with van der Waals surface area (Å²) in [5, 5.41) is 0. The van der Waals surface area contributed by atoms with Crippen LogP contribution in [0.1, 0.15) is 259 Å². The zero-order chi connectivity index (χ0) is 46.3. The SMILES string of the molecule is C=CC(=O)CCCCC[C@H](CC(=O)CCCCCCCCC)C(=O)OCC.C=CCCCCCCCCC(=O)C[C@@H](CCCCCC(=O)CCCCCCCCC)C(=O)OCC. The van der Waals surface area contributed by atoms with Crippen molar-refractivity contribution in [3.8, 4) is 0 Å². The fourth-order valence-corrected chi connectivity index (χ4v) is 7.74. The molecule has 0 aliphatic heterocycles. The molecule has 0 aliphatic rings. The molecule has 0 radical (unpaired) electrons. The van der Waals surface area contributed by atoms with Crippen LogP contribution in [0.5, 0.6) is 0 Å². The Balaban J connectivity index is 0. The maximum absolute atomic E-state index is 12.4. The fraction of sp³-hybridized carbons (Fsp3) is 0.815. The van der Waals surface area contributed by atoms with Gasteiger partial charge in [-0.3, -0.25) is 28.8 Å². The maximum Gasteiger partial charge on any atom is 0.309 e. The number of carbonyl (C=O) groups excluding carboxylic acids is 6. The van der Waals surface area contributed by atoms with Crippen LogP contribution < -0.4 is 0 Å². The normalized spacial score (nSPS) is 11.8. The fourth-order valence-electron chi connectivity index (χ4n) is 7.74. The first-order valence-electron chi connectivity index (χ1n) is 25.7. The second-order valence-corrected chi connectivity index (χ2v) is 17.5. The van der Waals surface area contributed by atoms with Crippen molar-refractivity contribution in [3.63, 3.8) is 0 Å². The quantitative estimate of drug-likeness (QED) is 0.0257. The van der Waals surface area contributed by atoms with Crippen LogP contribution in [0, 0.1) is 11.8 Å². The molecule has 0 saturated carbocycles. The molecular weight excluding hydrogens is 777 g/mol. The molecule has 0 amide bonds. The van der Waals surface area contributed by atoms with Crippen LogP contribution >= 0.6 is 0 Å². The Morgan fingerprint density at radius 1 is 0.403 bits per heavy atom. The number of carbonyl (C=O) groups is 6. The standard InChI is InChI=1S/C31H56O4.C23H40O4/c1-4-7-9-11-13-15-17-21-26-30(33)27-28(31(34)35-6-3)23-19-18-22-25-29(32)24-20-16-14-12-10-8-5-2;1-4-7-8-9-10-11-14-18-22(25)19-20(23(26)27-6-3)16-13-12-15-17-21(24)5-2/h4,28H,1,5-27H2,2-3H3;5,20H,2,4,6-19H2,1,3H3/t28-;20-/m11/s1. The van der Waals surface area contributed by atoms with Gasteiger partial charge in [-0.05, 0) is 77.7 Å². The van der Waals surface area contributed by atoms with Crippen molar-refractivity contribution < 1.29 is 38.2 Å². The minimum Gasteiger partial charge on any atom is -0.466 e. The summed E-state index contributed by atoms with van der Waals surface area (Å²) < 4.78 is 10.4. The van der Waals surface area contributed by atoms with E-state index >= 15 is 0 Å².